The van der Waals surface area contributed by atoms with E-state index in [4.69, 9.17) is 9.47 Å². The molecule has 2 rings (SSSR count). The van der Waals surface area contributed by atoms with Gasteiger partial charge in [0.25, 0.3) is 0 Å². The molecule has 112 valence electrons. The maximum Gasteiger partial charge on any atom is 0.102 e. The van der Waals surface area contributed by atoms with Crippen LogP contribution < -0.4 is 10.2 Å². The van der Waals surface area contributed by atoms with Crippen molar-refractivity contribution >= 4 is 5.69 Å². The molecule has 2 unspecified atom stereocenters. The van der Waals surface area contributed by atoms with Gasteiger partial charge in [-0.15, -0.1) is 0 Å². The summed E-state index contributed by atoms with van der Waals surface area (Å²) in [5.74, 6) is 0. The Hall–Kier alpha value is -1.10. The molecule has 4 heteroatoms. The fourth-order valence-corrected chi connectivity index (χ4v) is 2.85. The van der Waals surface area contributed by atoms with E-state index in [9.17, 15) is 0 Å². The number of nitrogens with one attached hydrogen (secondary N) is 1. The normalized spacial score (nSPS) is 22.5. The summed E-state index contributed by atoms with van der Waals surface area (Å²) in [7, 11) is 3.51. The fraction of sp³-hybridized carbons (Fsp3) is 0.625. The van der Waals surface area contributed by atoms with Gasteiger partial charge in [0.05, 0.1) is 0 Å². The molecule has 0 radical (unpaired) electrons. The summed E-state index contributed by atoms with van der Waals surface area (Å²) < 4.78 is 11.0. The van der Waals surface area contributed by atoms with Gasteiger partial charge < -0.3 is 19.7 Å². The van der Waals surface area contributed by atoms with Crippen LogP contribution in [0, 0.1) is 6.92 Å². The van der Waals surface area contributed by atoms with Gasteiger partial charge >= 0.3 is 0 Å². The Labute approximate surface area is 122 Å². The Morgan fingerprint density at radius 1 is 1.20 bits per heavy atom. The second kappa shape index (κ2) is 7.07. The number of nitrogens with zero attached hydrogens (tertiary/aromatic N) is 1. The Balaban J connectivity index is 2.09. The van der Waals surface area contributed by atoms with Gasteiger partial charge in [0, 0.05) is 39.5 Å². The van der Waals surface area contributed by atoms with Crippen LogP contribution in [0.2, 0.25) is 0 Å². The first-order valence-electron chi connectivity index (χ1n) is 7.30. The lowest BCUT2D eigenvalue weighted by atomic mass is 10.1. The van der Waals surface area contributed by atoms with E-state index >= 15 is 0 Å². The summed E-state index contributed by atoms with van der Waals surface area (Å²) in [6, 6.07) is 6.68. The molecule has 1 aromatic carbocycles. The van der Waals surface area contributed by atoms with Crippen LogP contribution in [0.25, 0.3) is 0 Å². The zero-order valence-electron chi connectivity index (χ0n) is 13.0. The molecule has 1 heterocycles. The summed E-state index contributed by atoms with van der Waals surface area (Å²) in [6.07, 6.45) is 0.307. The Morgan fingerprint density at radius 3 is 2.35 bits per heavy atom. The van der Waals surface area contributed by atoms with Crippen LogP contribution in [-0.4, -0.2) is 46.1 Å². The van der Waals surface area contributed by atoms with Crippen LogP contribution in [0.1, 0.15) is 18.1 Å². The number of hydrogen-bond acceptors (Lipinski definition) is 4. The minimum absolute atomic E-state index is 0.154. The summed E-state index contributed by atoms with van der Waals surface area (Å²) in [5.41, 5.74) is 3.93. The lowest BCUT2D eigenvalue weighted by Gasteiger charge is -2.21. The molecule has 1 aliphatic heterocycles. The fourth-order valence-electron chi connectivity index (χ4n) is 2.85. The summed E-state index contributed by atoms with van der Waals surface area (Å²) >= 11 is 0. The highest BCUT2D eigenvalue weighted by Gasteiger charge is 2.33. The van der Waals surface area contributed by atoms with Gasteiger partial charge in [0.1, 0.15) is 12.2 Å². The highest BCUT2D eigenvalue weighted by molar-refractivity contribution is 5.55. The number of hydrogen-bond donors (Lipinski definition) is 1. The van der Waals surface area contributed by atoms with Crippen molar-refractivity contribution in [3.8, 4) is 0 Å². The number of methoxy groups -OCH3 is 2. The molecule has 1 aliphatic rings. The molecule has 0 saturated carbocycles. The van der Waals surface area contributed by atoms with E-state index < -0.39 is 0 Å². The molecule has 0 spiro atoms. The molecule has 0 amide bonds. The van der Waals surface area contributed by atoms with Gasteiger partial charge in [0.15, 0.2) is 0 Å². The zero-order chi connectivity index (χ0) is 14.5. The van der Waals surface area contributed by atoms with E-state index in [-0.39, 0.29) is 12.2 Å². The molecule has 0 aliphatic carbocycles. The number of ether oxygens (including phenoxy) is 2. The Bertz CT molecular complexity index is 424. The lowest BCUT2D eigenvalue weighted by Crippen LogP contribution is -2.27. The molecular weight excluding hydrogens is 252 g/mol. The third kappa shape index (κ3) is 3.32. The van der Waals surface area contributed by atoms with E-state index in [0.717, 1.165) is 26.2 Å². The van der Waals surface area contributed by atoms with Gasteiger partial charge in [-0.25, -0.2) is 0 Å². The highest BCUT2D eigenvalue weighted by Crippen LogP contribution is 2.27. The number of aryl methyl sites for hydroxylation is 1. The minimum Gasteiger partial charge on any atom is -0.377 e. The topological polar surface area (TPSA) is 33.7 Å². The third-order valence-electron chi connectivity index (χ3n) is 4.00. The van der Waals surface area contributed by atoms with Crippen LogP contribution in [0.4, 0.5) is 5.69 Å². The van der Waals surface area contributed by atoms with Gasteiger partial charge in [-0.3, -0.25) is 0 Å². The van der Waals surface area contributed by atoms with Crippen LogP contribution >= 0.6 is 0 Å². The third-order valence-corrected chi connectivity index (χ3v) is 4.00. The van der Waals surface area contributed by atoms with Crippen molar-refractivity contribution in [1.82, 2.24) is 5.32 Å². The molecule has 4 nitrogen and oxygen atoms in total. The van der Waals surface area contributed by atoms with Crippen molar-refractivity contribution in [3.05, 3.63) is 29.3 Å². The maximum absolute atomic E-state index is 5.51. The van der Waals surface area contributed by atoms with E-state index in [1.165, 1.54) is 16.8 Å². The predicted molar refractivity (Wildman–Crippen MR) is 82.4 cm³/mol. The quantitative estimate of drug-likeness (QED) is 0.862. The maximum atomic E-state index is 5.51. The first-order valence-corrected chi connectivity index (χ1v) is 7.30. The number of anilines is 1. The molecule has 1 N–H and O–H groups in total. The SMILES string of the molecule is CCNCc1ccc(N2CC(OC)C(OC)C2)c(C)c1. The molecule has 1 saturated heterocycles. The lowest BCUT2D eigenvalue weighted by molar-refractivity contribution is -0.00461. The second-order valence-electron chi connectivity index (χ2n) is 5.35. The van der Waals surface area contributed by atoms with Crippen molar-refractivity contribution in [2.45, 2.75) is 32.6 Å². The van der Waals surface area contributed by atoms with Crippen molar-refractivity contribution < 1.29 is 9.47 Å². The first-order chi connectivity index (χ1) is 9.69. The van der Waals surface area contributed by atoms with E-state index in [0.29, 0.717) is 0 Å². The van der Waals surface area contributed by atoms with Crippen molar-refractivity contribution in [1.29, 1.82) is 0 Å². The summed E-state index contributed by atoms with van der Waals surface area (Å²) in [4.78, 5) is 2.36. The number of benzene rings is 1. The summed E-state index contributed by atoms with van der Waals surface area (Å²) in [5, 5.41) is 3.36. The van der Waals surface area contributed by atoms with E-state index in [1.807, 2.05) is 0 Å². The second-order valence-corrected chi connectivity index (χ2v) is 5.35. The monoisotopic (exact) mass is 278 g/mol. The molecule has 1 fully saturated rings. The zero-order valence-corrected chi connectivity index (χ0v) is 13.0. The van der Waals surface area contributed by atoms with Crippen LogP contribution in [0.15, 0.2) is 18.2 Å². The molecule has 0 bridgehead atoms. The smallest absolute Gasteiger partial charge is 0.102 e. The number of rotatable bonds is 6. The van der Waals surface area contributed by atoms with E-state index in [1.54, 1.807) is 14.2 Å². The molecular formula is C16H26N2O2. The highest BCUT2D eigenvalue weighted by atomic mass is 16.5. The first kappa shape index (κ1) is 15.3. The largest absolute Gasteiger partial charge is 0.377 e. The minimum atomic E-state index is 0.154. The van der Waals surface area contributed by atoms with Gasteiger partial charge in [-0.1, -0.05) is 19.1 Å². The molecule has 1 aromatic rings. The van der Waals surface area contributed by atoms with Crippen LogP contribution in [-0.2, 0) is 16.0 Å². The molecule has 20 heavy (non-hydrogen) atoms. The molecule has 2 atom stereocenters. The molecule has 0 aromatic heterocycles. The average molecular weight is 278 g/mol. The van der Waals surface area contributed by atoms with Gasteiger partial charge in [-0.05, 0) is 30.7 Å². The van der Waals surface area contributed by atoms with Crippen molar-refractivity contribution in [3.63, 3.8) is 0 Å². The summed E-state index contributed by atoms with van der Waals surface area (Å²) in [6.45, 7) is 8.01. The van der Waals surface area contributed by atoms with Gasteiger partial charge in [0.2, 0.25) is 0 Å². The Morgan fingerprint density at radius 2 is 1.85 bits per heavy atom. The van der Waals surface area contributed by atoms with E-state index in [2.05, 4.69) is 42.3 Å². The standard InChI is InChI=1S/C16H26N2O2/c1-5-17-9-13-6-7-14(12(2)8-13)18-10-15(19-3)16(11-18)20-4/h6-8,15-17H,5,9-11H2,1-4H3. The average Bonchev–Trinajstić information content (AvgIpc) is 2.88. The van der Waals surface area contributed by atoms with Crippen LogP contribution in [0.3, 0.4) is 0 Å². The predicted octanol–water partition coefficient (Wildman–Crippen LogP) is 1.95. The van der Waals surface area contributed by atoms with Crippen LogP contribution in [0.5, 0.6) is 0 Å². The Kier molecular flexibility index (Phi) is 5.40. The van der Waals surface area contributed by atoms with Gasteiger partial charge in [-0.2, -0.15) is 0 Å². The van der Waals surface area contributed by atoms with Crippen molar-refractivity contribution in [2.24, 2.45) is 0 Å². The van der Waals surface area contributed by atoms with Crippen molar-refractivity contribution in [2.75, 3.05) is 38.8 Å².